The summed E-state index contributed by atoms with van der Waals surface area (Å²) in [6.45, 7) is 3.18. The molecule has 2 aromatic carbocycles. The summed E-state index contributed by atoms with van der Waals surface area (Å²) in [6, 6.07) is 10.3. The molecular weight excluding hydrogens is 296 g/mol. The van der Waals surface area contributed by atoms with Crippen LogP contribution in [-0.4, -0.2) is 51.5 Å². The average Bonchev–Trinajstić information content (AvgIpc) is 2.98. The van der Waals surface area contributed by atoms with Gasteiger partial charge in [0.25, 0.3) is 0 Å². The Morgan fingerprint density at radius 2 is 1.70 bits per heavy atom. The molecule has 1 aliphatic heterocycles. The van der Waals surface area contributed by atoms with Crippen molar-refractivity contribution in [1.29, 1.82) is 0 Å². The van der Waals surface area contributed by atoms with Crippen molar-refractivity contribution < 1.29 is 14.9 Å². The second kappa shape index (κ2) is 5.44. The molecule has 1 fully saturated rings. The zero-order valence-corrected chi connectivity index (χ0v) is 12.4. The second-order valence-electron chi connectivity index (χ2n) is 5.43. The Morgan fingerprint density at radius 1 is 0.913 bits per heavy atom. The Kier molecular flexibility index (Phi) is 3.27. The SMILES string of the molecule is Oc1ccc(-n2nc3ccc(N4CCOCC4)cc3n2)c(O)c1. The number of ether oxygens (including phenoxy) is 1. The summed E-state index contributed by atoms with van der Waals surface area (Å²) in [4.78, 5) is 3.63. The summed E-state index contributed by atoms with van der Waals surface area (Å²) < 4.78 is 5.37. The third kappa shape index (κ3) is 2.55. The highest BCUT2D eigenvalue weighted by Gasteiger charge is 2.14. The molecule has 7 heteroatoms. The first-order valence-electron chi connectivity index (χ1n) is 7.43. The maximum absolute atomic E-state index is 9.95. The summed E-state index contributed by atoms with van der Waals surface area (Å²) >= 11 is 0. The van der Waals surface area contributed by atoms with Crippen LogP contribution in [-0.2, 0) is 4.74 Å². The fourth-order valence-electron chi connectivity index (χ4n) is 2.71. The van der Waals surface area contributed by atoms with Crippen molar-refractivity contribution in [3.63, 3.8) is 0 Å². The number of phenolic OH excluding ortho intramolecular Hbond substituents is 2. The fourth-order valence-corrected chi connectivity index (χ4v) is 2.71. The first-order valence-corrected chi connectivity index (χ1v) is 7.43. The van der Waals surface area contributed by atoms with Gasteiger partial charge in [0, 0.05) is 24.8 Å². The van der Waals surface area contributed by atoms with Crippen LogP contribution in [0, 0.1) is 0 Å². The number of phenols is 2. The van der Waals surface area contributed by atoms with Gasteiger partial charge in [-0.15, -0.1) is 15.0 Å². The van der Waals surface area contributed by atoms with Gasteiger partial charge in [0.05, 0.1) is 13.2 Å². The van der Waals surface area contributed by atoms with E-state index in [4.69, 9.17) is 4.74 Å². The van der Waals surface area contributed by atoms with E-state index < -0.39 is 0 Å². The maximum atomic E-state index is 9.95. The van der Waals surface area contributed by atoms with E-state index in [0.29, 0.717) is 5.69 Å². The molecule has 118 valence electrons. The molecule has 0 amide bonds. The molecule has 1 aliphatic rings. The van der Waals surface area contributed by atoms with Gasteiger partial charge in [0.1, 0.15) is 28.2 Å². The van der Waals surface area contributed by atoms with Crippen LogP contribution >= 0.6 is 0 Å². The Morgan fingerprint density at radius 3 is 2.48 bits per heavy atom. The largest absolute Gasteiger partial charge is 0.508 e. The minimum atomic E-state index is -0.0706. The number of aromatic nitrogens is 3. The van der Waals surface area contributed by atoms with E-state index in [9.17, 15) is 10.2 Å². The molecule has 1 aromatic heterocycles. The Balaban J connectivity index is 1.72. The lowest BCUT2D eigenvalue weighted by atomic mass is 10.2. The Labute approximate surface area is 132 Å². The van der Waals surface area contributed by atoms with E-state index in [1.807, 2.05) is 18.2 Å². The lowest BCUT2D eigenvalue weighted by Gasteiger charge is -2.28. The molecule has 0 atom stereocenters. The predicted octanol–water partition coefficient (Wildman–Crippen LogP) is 1.67. The van der Waals surface area contributed by atoms with Crippen LogP contribution in [0.25, 0.3) is 16.7 Å². The zero-order valence-electron chi connectivity index (χ0n) is 12.4. The standard InChI is InChI=1S/C16H16N4O3/c21-12-2-4-15(16(22)10-12)20-17-13-3-1-11(9-14(13)18-20)19-5-7-23-8-6-19/h1-4,9-10,21-22H,5-8H2. The number of hydrogen-bond donors (Lipinski definition) is 2. The van der Waals surface area contributed by atoms with Gasteiger partial charge < -0.3 is 19.8 Å². The molecule has 1 saturated heterocycles. The van der Waals surface area contributed by atoms with E-state index in [1.165, 1.54) is 16.9 Å². The molecule has 3 aromatic rings. The van der Waals surface area contributed by atoms with E-state index in [1.54, 1.807) is 6.07 Å². The molecule has 2 heterocycles. The number of nitrogens with zero attached hydrogens (tertiary/aromatic N) is 4. The van der Waals surface area contributed by atoms with Crippen molar-refractivity contribution in [2.75, 3.05) is 31.2 Å². The van der Waals surface area contributed by atoms with Crippen molar-refractivity contribution >= 4 is 16.7 Å². The number of rotatable bonds is 2. The predicted molar refractivity (Wildman–Crippen MR) is 85.2 cm³/mol. The molecule has 4 rings (SSSR count). The monoisotopic (exact) mass is 312 g/mol. The molecule has 0 bridgehead atoms. The molecular formula is C16H16N4O3. The summed E-state index contributed by atoms with van der Waals surface area (Å²) in [5, 5.41) is 28.1. The molecule has 0 saturated carbocycles. The van der Waals surface area contributed by atoms with Crippen molar-refractivity contribution in [1.82, 2.24) is 15.0 Å². The van der Waals surface area contributed by atoms with E-state index in [2.05, 4.69) is 15.1 Å². The molecule has 23 heavy (non-hydrogen) atoms. The Bertz CT molecular complexity index is 856. The van der Waals surface area contributed by atoms with Gasteiger partial charge in [-0.3, -0.25) is 0 Å². The topological polar surface area (TPSA) is 83.6 Å². The van der Waals surface area contributed by atoms with Gasteiger partial charge >= 0.3 is 0 Å². The van der Waals surface area contributed by atoms with E-state index in [0.717, 1.165) is 43.0 Å². The molecule has 0 radical (unpaired) electrons. The van der Waals surface area contributed by atoms with Crippen LogP contribution in [0.4, 0.5) is 5.69 Å². The van der Waals surface area contributed by atoms with Crippen LogP contribution in [0.1, 0.15) is 0 Å². The smallest absolute Gasteiger partial charge is 0.146 e. The number of hydrogen-bond acceptors (Lipinski definition) is 6. The molecule has 2 N–H and O–H groups in total. The average molecular weight is 312 g/mol. The van der Waals surface area contributed by atoms with Crippen LogP contribution in [0.15, 0.2) is 36.4 Å². The summed E-state index contributed by atoms with van der Waals surface area (Å²) in [7, 11) is 0. The van der Waals surface area contributed by atoms with Gasteiger partial charge in [-0.2, -0.15) is 0 Å². The summed E-state index contributed by atoms with van der Waals surface area (Å²) in [5.74, 6) is -0.0729. The van der Waals surface area contributed by atoms with Gasteiger partial charge in [-0.05, 0) is 30.3 Å². The number of fused-ring (bicyclic) bond motifs is 1. The van der Waals surface area contributed by atoms with E-state index in [-0.39, 0.29) is 11.5 Å². The minimum absolute atomic E-state index is 0.00225. The third-order valence-electron chi connectivity index (χ3n) is 3.91. The molecule has 0 unspecified atom stereocenters. The maximum Gasteiger partial charge on any atom is 0.146 e. The van der Waals surface area contributed by atoms with Crippen molar-refractivity contribution in [3.05, 3.63) is 36.4 Å². The highest BCUT2D eigenvalue weighted by molar-refractivity contribution is 5.79. The van der Waals surface area contributed by atoms with Gasteiger partial charge in [-0.1, -0.05) is 0 Å². The van der Waals surface area contributed by atoms with Crippen molar-refractivity contribution in [2.24, 2.45) is 0 Å². The number of aromatic hydroxyl groups is 2. The summed E-state index contributed by atoms with van der Waals surface area (Å²) in [6.07, 6.45) is 0. The van der Waals surface area contributed by atoms with Crippen molar-refractivity contribution in [3.8, 4) is 17.2 Å². The number of morpholine rings is 1. The Hall–Kier alpha value is -2.80. The zero-order chi connectivity index (χ0) is 15.8. The molecule has 0 spiro atoms. The first kappa shape index (κ1) is 13.8. The molecule has 0 aliphatic carbocycles. The normalized spacial score (nSPS) is 15.2. The number of anilines is 1. The van der Waals surface area contributed by atoms with Gasteiger partial charge in [0.15, 0.2) is 0 Å². The van der Waals surface area contributed by atoms with Gasteiger partial charge in [-0.25, -0.2) is 0 Å². The van der Waals surface area contributed by atoms with E-state index >= 15 is 0 Å². The lowest BCUT2D eigenvalue weighted by molar-refractivity contribution is 0.122. The van der Waals surface area contributed by atoms with Crippen LogP contribution in [0.2, 0.25) is 0 Å². The lowest BCUT2D eigenvalue weighted by Crippen LogP contribution is -2.36. The highest BCUT2D eigenvalue weighted by atomic mass is 16.5. The van der Waals surface area contributed by atoms with Gasteiger partial charge in [0.2, 0.25) is 0 Å². The third-order valence-corrected chi connectivity index (χ3v) is 3.91. The quantitative estimate of drug-likeness (QED) is 0.749. The molecule has 7 nitrogen and oxygen atoms in total. The van der Waals surface area contributed by atoms with Crippen LogP contribution in [0.3, 0.4) is 0 Å². The summed E-state index contributed by atoms with van der Waals surface area (Å²) in [5.41, 5.74) is 3.01. The fraction of sp³-hybridized carbons (Fsp3) is 0.250. The number of benzene rings is 2. The highest BCUT2D eigenvalue weighted by Crippen LogP contribution is 2.27. The first-order chi connectivity index (χ1) is 11.2. The van der Waals surface area contributed by atoms with Crippen molar-refractivity contribution in [2.45, 2.75) is 0 Å². The van der Waals surface area contributed by atoms with Crippen LogP contribution < -0.4 is 4.90 Å². The second-order valence-corrected chi connectivity index (χ2v) is 5.43. The van der Waals surface area contributed by atoms with Crippen LogP contribution in [0.5, 0.6) is 11.5 Å². The minimum Gasteiger partial charge on any atom is -0.508 e.